The predicted octanol–water partition coefficient (Wildman–Crippen LogP) is 1.53. The minimum Gasteiger partial charge on any atom is -0.326 e. The third-order valence-corrected chi connectivity index (χ3v) is 4.59. The van der Waals surface area contributed by atoms with Crippen molar-refractivity contribution in [1.29, 1.82) is 0 Å². The lowest BCUT2D eigenvalue weighted by molar-refractivity contribution is -0.387. The highest BCUT2D eigenvalue weighted by Gasteiger charge is 2.24. The van der Waals surface area contributed by atoms with Crippen LogP contribution in [0, 0.1) is 10.1 Å². The molecule has 2 aromatic rings. The summed E-state index contributed by atoms with van der Waals surface area (Å²) in [6, 6.07) is 12.3. The quantitative estimate of drug-likeness (QED) is 0.618. The first-order valence-corrected chi connectivity index (χ1v) is 7.94. The second kappa shape index (κ2) is 6.65. The molecule has 0 bridgehead atoms. The molecule has 0 heterocycles. The van der Waals surface area contributed by atoms with Crippen molar-refractivity contribution in [1.82, 2.24) is 4.72 Å². The number of nitro groups is 1. The molecule has 0 fully saturated rings. The van der Waals surface area contributed by atoms with E-state index < -0.39 is 20.6 Å². The average molecular weight is 321 g/mol. The number of nitrogens with one attached hydrogen (secondary N) is 1. The minimum absolute atomic E-state index is 0.0156. The molecule has 0 radical (unpaired) electrons. The van der Waals surface area contributed by atoms with E-state index >= 15 is 0 Å². The first-order valence-electron chi connectivity index (χ1n) is 6.45. The largest absolute Gasteiger partial charge is 0.326 e. The van der Waals surface area contributed by atoms with Gasteiger partial charge in [-0.25, -0.2) is 13.1 Å². The Balaban J connectivity index is 2.28. The Morgan fingerprint density at radius 1 is 1.05 bits per heavy atom. The first kappa shape index (κ1) is 16.1. The van der Waals surface area contributed by atoms with Gasteiger partial charge in [0.25, 0.3) is 5.69 Å². The van der Waals surface area contributed by atoms with Gasteiger partial charge in [0, 0.05) is 19.2 Å². The lowest BCUT2D eigenvalue weighted by Gasteiger charge is -2.10. The number of rotatable bonds is 6. The standard InChI is InChI=1S/C14H15N3O4S/c15-9-11-5-1-2-6-12(11)10-16-22(20,21)14-8-4-3-7-13(14)17(18)19/h1-8,16H,9-10,15H2. The van der Waals surface area contributed by atoms with Gasteiger partial charge in [-0.3, -0.25) is 10.1 Å². The van der Waals surface area contributed by atoms with Gasteiger partial charge < -0.3 is 5.73 Å². The maximum absolute atomic E-state index is 12.3. The highest BCUT2D eigenvalue weighted by molar-refractivity contribution is 7.89. The molecule has 0 aliphatic carbocycles. The Morgan fingerprint density at radius 2 is 1.64 bits per heavy atom. The molecule has 0 aliphatic heterocycles. The highest BCUT2D eigenvalue weighted by Crippen LogP contribution is 2.23. The highest BCUT2D eigenvalue weighted by atomic mass is 32.2. The van der Waals surface area contributed by atoms with Crippen molar-refractivity contribution in [3.8, 4) is 0 Å². The summed E-state index contributed by atoms with van der Waals surface area (Å²) < 4.78 is 26.9. The van der Waals surface area contributed by atoms with Gasteiger partial charge in [-0.15, -0.1) is 0 Å². The summed E-state index contributed by atoms with van der Waals surface area (Å²) in [5.41, 5.74) is 6.68. The van der Waals surface area contributed by atoms with Crippen molar-refractivity contribution >= 4 is 15.7 Å². The van der Waals surface area contributed by atoms with E-state index in [4.69, 9.17) is 5.73 Å². The lowest BCUT2D eigenvalue weighted by Crippen LogP contribution is -2.24. The van der Waals surface area contributed by atoms with E-state index in [1.54, 1.807) is 18.2 Å². The van der Waals surface area contributed by atoms with Gasteiger partial charge in [-0.05, 0) is 17.2 Å². The number of nitrogens with zero attached hydrogens (tertiary/aromatic N) is 1. The third-order valence-electron chi connectivity index (χ3n) is 3.14. The number of sulfonamides is 1. The van der Waals surface area contributed by atoms with Crippen molar-refractivity contribution in [2.45, 2.75) is 18.0 Å². The second-order valence-electron chi connectivity index (χ2n) is 4.52. The van der Waals surface area contributed by atoms with Crippen LogP contribution in [-0.4, -0.2) is 13.3 Å². The third kappa shape index (κ3) is 3.48. The van der Waals surface area contributed by atoms with Crippen molar-refractivity contribution in [3.63, 3.8) is 0 Å². The first-order chi connectivity index (χ1) is 10.5. The molecule has 22 heavy (non-hydrogen) atoms. The summed E-state index contributed by atoms with van der Waals surface area (Å²) in [5.74, 6) is 0. The van der Waals surface area contributed by atoms with E-state index in [0.29, 0.717) is 0 Å². The topological polar surface area (TPSA) is 115 Å². The Morgan fingerprint density at radius 3 is 2.27 bits per heavy atom. The molecule has 0 spiro atoms. The Kier molecular flexibility index (Phi) is 4.86. The van der Waals surface area contributed by atoms with Crippen LogP contribution in [0.5, 0.6) is 0 Å². The van der Waals surface area contributed by atoms with Gasteiger partial charge >= 0.3 is 0 Å². The molecule has 0 saturated carbocycles. The van der Waals surface area contributed by atoms with Crippen LogP contribution in [0.4, 0.5) is 5.69 Å². The maximum atomic E-state index is 12.3. The van der Waals surface area contributed by atoms with Crippen molar-refractivity contribution < 1.29 is 13.3 Å². The minimum atomic E-state index is -3.99. The molecule has 8 heteroatoms. The number of para-hydroxylation sites is 1. The molecule has 3 N–H and O–H groups in total. The van der Waals surface area contributed by atoms with Crippen LogP contribution >= 0.6 is 0 Å². The molecule has 0 amide bonds. The number of hydrogen-bond donors (Lipinski definition) is 2. The summed E-state index contributed by atoms with van der Waals surface area (Å²) >= 11 is 0. The second-order valence-corrected chi connectivity index (χ2v) is 6.26. The van der Waals surface area contributed by atoms with Gasteiger partial charge in [0.2, 0.25) is 10.0 Å². The van der Waals surface area contributed by atoms with Crippen LogP contribution in [0.3, 0.4) is 0 Å². The van der Waals surface area contributed by atoms with Gasteiger partial charge in [-0.1, -0.05) is 36.4 Å². The summed E-state index contributed by atoms with van der Waals surface area (Å²) in [6.07, 6.45) is 0. The fourth-order valence-electron chi connectivity index (χ4n) is 2.01. The van der Waals surface area contributed by atoms with Crippen LogP contribution in [0.25, 0.3) is 0 Å². The van der Waals surface area contributed by atoms with Crippen molar-refractivity contribution in [2.75, 3.05) is 0 Å². The van der Waals surface area contributed by atoms with Crippen LogP contribution in [0.1, 0.15) is 11.1 Å². The lowest BCUT2D eigenvalue weighted by atomic mass is 10.1. The molecule has 2 rings (SSSR count). The average Bonchev–Trinajstić information content (AvgIpc) is 2.53. The summed E-state index contributed by atoms with van der Waals surface area (Å²) in [5, 5.41) is 10.9. The van der Waals surface area contributed by atoms with E-state index in [9.17, 15) is 18.5 Å². The summed E-state index contributed by atoms with van der Waals surface area (Å²) in [6.45, 7) is 0.297. The number of nitro benzene ring substituents is 1. The Hall–Kier alpha value is -2.29. The zero-order chi connectivity index (χ0) is 16.2. The van der Waals surface area contributed by atoms with Crippen LogP contribution in [0.2, 0.25) is 0 Å². The fourth-order valence-corrected chi connectivity index (χ4v) is 3.19. The van der Waals surface area contributed by atoms with Gasteiger partial charge in [0.05, 0.1) is 4.92 Å². The van der Waals surface area contributed by atoms with Gasteiger partial charge in [0.15, 0.2) is 4.90 Å². The predicted molar refractivity (Wildman–Crippen MR) is 81.5 cm³/mol. The number of nitrogens with two attached hydrogens (primary N) is 1. The molecular formula is C14H15N3O4S. The normalized spacial score (nSPS) is 11.3. The maximum Gasteiger partial charge on any atom is 0.289 e. The smallest absolute Gasteiger partial charge is 0.289 e. The molecular weight excluding hydrogens is 306 g/mol. The number of benzene rings is 2. The fraction of sp³-hybridized carbons (Fsp3) is 0.143. The molecule has 0 saturated heterocycles. The molecule has 0 unspecified atom stereocenters. The number of hydrogen-bond acceptors (Lipinski definition) is 5. The van der Waals surface area contributed by atoms with E-state index in [2.05, 4.69) is 4.72 Å². The van der Waals surface area contributed by atoms with Crippen LogP contribution in [-0.2, 0) is 23.1 Å². The van der Waals surface area contributed by atoms with Crippen molar-refractivity contribution in [3.05, 3.63) is 69.8 Å². The zero-order valence-electron chi connectivity index (χ0n) is 11.6. The molecule has 7 nitrogen and oxygen atoms in total. The van der Waals surface area contributed by atoms with Crippen molar-refractivity contribution in [2.24, 2.45) is 5.73 Å². The zero-order valence-corrected chi connectivity index (χ0v) is 12.4. The summed E-state index contributed by atoms with van der Waals surface area (Å²) in [7, 11) is -3.99. The monoisotopic (exact) mass is 321 g/mol. The van der Waals surface area contributed by atoms with Crippen LogP contribution in [0.15, 0.2) is 53.4 Å². The van der Waals surface area contributed by atoms with E-state index in [1.807, 2.05) is 6.07 Å². The van der Waals surface area contributed by atoms with Gasteiger partial charge in [-0.2, -0.15) is 0 Å². The van der Waals surface area contributed by atoms with Gasteiger partial charge in [0.1, 0.15) is 0 Å². The van der Waals surface area contributed by atoms with E-state index in [-0.39, 0.29) is 18.0 Å². The van der Waals surface area contributed by atoms with Crippen LogP contribution < -0.4 is 10.5 Å². The van der Waals surface area contributed by atoms with E-state index in [0.717, 1.165) is 17.2 Å². The Bertz CT molecular complexity index is 790. The molecule has 0 aromatic heterocycles. The molecule has 0 aliphatic rings. The molecule has 116 valence electrons. The molecule has 0 atom stereocenters. The molecule has 2 aromatic carbocycles. The van der Waals surface area contributed by atoms with E-state index in [1.165, 1.54) is 18.2 Å². The SMILES string of the molecule is NCc1ccccc1CNS(=O)(=O)c1ccccc1[N+](=O)[O-]. The summed E-state index contributed by atoms with van der Waals surface area (Å²) in [4.78, 5) is 9.86. The Labute approximate surface area is 128 Å².